The molecule has 0 bridgehead atoms. The Bertz CT molecular complexity index is 1400. The van der Waals surface area contributed by atoms with Crippen molar-refractivity contribution in [1.82, 2.24) is 9.97 Å². The van der Waals surface area contributed by atoms with Gasteiger partial charge in [0.1, 0.15) is 6.61 Å². The molecule has 1 aromatic heterocycles. The van der Waals surface area contributed by atoms with Crippen molar-refractivity contribution in [3.63, 3.8) is 0 Å². The number of aryl methyl sites for hydroxylation is 1. The van der Waals surface area contributed by atoms with E-state index in [0.29, 0.717) is 18.4 Å². The number of hydrogen-bond donors (Lipinski definition) is 1. The van der Waals surface area contributed by atoms with E-state index in [2.05, 4.69) is 14.7 Å². The van der Waals surface area contributed by atoms with E-state index in [1.807, 2.05) is 0 Å². The minimum Gasteiger partial charge on any atom is -0.447 e. The Morgan fingerprint density at radius 1 is 1.06 bits per heavy atom. The lowest BCUT2D eigenvalue weighted by Crippen LogP contribution is -2.26. The number of ether oxygens (including phenoxy) is 1. The highest BCUT2D eigenvalue weighted by molar-refractivity contribution is 7.92. The van der Waals surface area contributed by atoms with E-state index in [1.165, 1.54) is 29.4 Å². The molecule has 2 aliphatic rings. The number of sulfonamides is 1. The van der Waals surface area contributed by atoms with Crippen LogP contribution in [0, 0.1) is 0 Å². The minimum absolute atomic E-state index is 0.0279. The van der Waals surface area contributed by atoms with Crippen molar-refractivity contribution >= 4 is 27.8 Å². The number of halogens is 3. The number of hydrogen-bond acceptors (Lipinski definition) is 6. The predicted octanol–water partition coefficient (Wildman–Crippen LogP) is 4.33. The van der Waals surface area contributed by atoms with Crippen molar-refractivity contribution in [1.29, 1.82) is 0 Å². The second kappa shape index (κ2) is 8.52. The fourth-order valence-electron chi connectivity index (χ4n) is 4.48. The SMILES string of the molecule is O=C1OCCN1c1cc(C(F)(F)F)ccc1[C@H]1CCc2cc(S(=O)(=O)Nc3ncccn3)ccc21. The zero-order chi connectivity index (χ0) is 24.8. The monoisotopic (exact) mass is 504 g/mol. The van der Waals surface area contributed by atoms with Crippen molar-refractivity contribution in [2.45, 2.75) is 29.8 Å². The standard InChI is InChI=1S/C23H19F3N4O4S/c24-23(25,26)15-3-6-19(20(13-15)30-10-11-34-22(30)31)18-5-2-14-12-16(4-7-17(14)18)35(32,33)29-21-27-8-1-9-28-21/h1,3-4,6-9,12-13,18H,2,5,10-11H2,(H,27,28,29)/t18-/m0/s1. The van der Waals surface area contributed by atoms with Gasteiger partial charge in [-0.1, -0.05) is 12.1 Å². The third-order valence-electron chi connectivity index (χ3n) is 6.08. The van der Waals surface area contributed by atoms with Crippen LogP contribution in [0.4, 0.5) is 29.6 Å². The molecule has 1 N–H and O–H groups in total. The fraction of sp³-hybridized carbons (Fsp3) is 0.261. The molecule has 5 rings (SSSR count). The molecule has 1 atom stereocenters. The molecule has 1 aliphatic carbocycles. The molecule has 35 heavy (non-hydrogen) atoms. The van der Waals surface area contributed by atoms with E-state index >= 15 is 0 Å². The maximum atomic E-state index is 13.4. The Balaban J connectivity index is 1.51. The number of carbonyl (C=O) groups excluding carboxylic acids is 1. The first-order valence-corrected chi connectivity index (χ1v) is 12.2. The second-order valence-electron chi connectivity index (χ2n) is 8.17. The van der Waals surface area contributed by atoms with E-state index in [-0.39, 0.29) is 35.6 Å². The average Bonchev–Trinajstić information content (AvgIpc) is 3.44. The maximum absolute atomic E-state index is 13.4. The molecule has 182 valence electrons. The third kappa shape index (κ3) is 4.41. The molecule has 0 radical (unpaired) electrons. The Morgan fingerprint density at radius 3 is 2.49 bits per heavy atom. The van der Waals surface area contributed by atoms with Crippen LogP contribution in [0.5, 0.6) is 0 Å². The van der Waals surface area contributed by atoms with Crippen LogP contribution in [-0.4, -0.2) is 37.6 Å². The Morgan fingerprint density at radius 2 is 1.80 bits per heavy atom. The van der Waals surface area contributed by atoms with Crippen molar-refractivity contribution in [3.05, 3.63) is 77.1 Å². The summed E-state index contributed by atoms with van der Waals surface area (Å²) in [5.74, 6) is -0.365. The summed E-state index contributed by atoms with van der Waals surface area (Å²) < 4.78 is 73.1. The summed E-state index contributed by atoms with van der Waals surface area (Å²) in [4.78, 5) is 21.2. The number of fused-ring (bicyclic) bond motifs is 1. The lowest BCUT2D eigenvalue weighted by Gasteiger charge is -2.23. The van der Waals surface area contributed by atoms with Gasteiger partial charge in [0.25, 0.3) is 10.0 Å². The summed E-state index contributed by atoms with van der Waals surface area (Å²) in [6.45, 7) is 0.242. The van der Waals surface area contributed by atoms with Crippen LogP contribution >= 0.6 is 0 Å². The highest BCUT2D eigenvalue weighted by Crippen LogP contribution is 2.44. The summed E-state index contributed by atoms with van der Waals surface area (Å²) in [5, 5.41) is 0. The van der Waals surface area contributed by atoms with Gasteiger partial charge in [-0.25, -0.2) is 27.9 Å². The molecule has 0 spiro atoms. The number of amides is 1. The molecular formula is C23H19F3N4O4S. The van der Waals surface area contributed by atoms with Crippen LogP contribution in [0.3, 0.4) is 0 Å². The lowest BCUT2D eigenvalue weighted by atomic mass is 9.90. The van der Waals surface area contributed by atoms with Gasteiger partial charge in [-0.3, -0.25) is 4.90 Å². The number of rotatable bonds is 5. The highest BCUT2D eigenvalue weighted by atomic mass is 32.2. The lowest BCUT2D eigenvalue weighted by molar-refractivity contribution is -0.137. The first-order chi connectivity index (χ1) is 16.6. The normalized spacial score (nSPS) is 17.9. The largest absolute Gasteiger partial charge is 0.447 e. The smallest absolute Gasteiger partial charge is 0.416 e. The van der Waals surface area contributed by atoms with Gasteiger partial charge in [-0.05, 0) is 59.9 Å². The minimum atomic E-state index is -4.57. The number of alkyl halides is 3. The molecule has 8 nitrogen and oxygen atoms in total. The van der Waals surface area contributed by atoms with E-state index in [9.17, 15) is 26.4 Å². The molecule has 1 fully saturated rings. The van der Waals surface area contributed by atoms with E-state index in [0.717, 1.165) is 23.3 Å². The first kappa shape index (κ1) is 23.1. The van der Waals surface area contributed by atoms with Gasteiger partial charge < -0.3 is 4.74 Å². The molecule has 0 saturated carbocycles. The quantitative estimate of drug-likeness (QED) is 0.555. The average molecular weight is 504 g/mol. The van der Waals surface area contributed by atoms with Crippen LogP contribution in [0.25, 0.3) is 0 Å². The molecule has 12 heteroatoms. The topological polar surface area (TPSA) is 101 Å². The van der Waals surface area contributed by atoms with Crippen molar-refractivity contribution in [3.8, 4) is 0 Å². The summed E-state index contributed by atoms with van der Waals surface area (Å²) in [5.41, 5.74) is 1.42. The number of nitrogens with one attached hydrogen (secondary N) is 1. The first-order valence-electron chi connectivity index (χ1n) is 10.7. The third-order valence-corrected chi connectivity index (χ3v) is 7.40. The van der Waals surface area contributed by atoms with Gasteiger partial charge in [0, 0.05) is 18.3 Å². The summed E-state index contributed by atoms with van der Waals surface area (Å²) in [6.07, 6.45) is -1.36. The summed E-state index contributed by atoms with van der Waals surface area (Å²) in [6, 6.07) is 9.58. The van der Waals surface area contributed by atoms with E-state index < -0.39 is 27.9 Å². The number of nitrogens with zero attached hydrogens (tertiary/aromatic N) is 3. The predicted molar refractivity (Wildman–Crippen MR) is 120 cm³/mol. The second-order valence-corrected chi connectivity index (χ2v) is 9.85. The molecule has 3 aromatic rings. The summed E-state index contributed by atoms with van der Waals surface area (Å²) >= 11 is 0. The molecule has 0 unspecified atom stereocenters. The maximum Gasteiger partial charge on any atom is 0.416 e. The molecular weight excluding hydrogens is 485 g/mol. The van der Waals surface area contributed by atoms with Gasteiger partial charge in [-0.2, -0.15) is 13.2 Å². The number of cyclic esters (lactones) is 1. The van der Waals surface area contributed by atoms with Gasteiger partial charge in [0.15, 0.2) is 0 Å². The fourth-order valence-corrected chi connectivity index (χ4v) is 5.48. The van der Waals surface area contributed by atoms with Gasteiger partial charge in [-0.15, -0.1) is 0 Å². The van der Waals surface area contributed by atoms with Crippen molar-refractivity contribution < 1.29 is 31.1 Å². The molecule has 2 aromatic carbocycles. The summed E-state index contributed by atoms with van der Waals surface area (Å²) in [7, 11) is -3.94. The molecule has 1 amide bonds. The number of carbonyl (C=O) groups is 1. The number of anilines is 2. The van der Waals surface area contributed by atoms with E-state index in [4.69, 9.17) is 4.74 Å². The van der Waals surface area contributed by atoms with Gasteiger partial charge >= 0.3 is 12.3 Å². The molecule has 2 heterocycles. The van der Waals surface area contributed by atoms with Crippen LogP contribution in [0.1, 0.15) is 34.6 Å². The van der Waals surface area contributed by atoms with Crippen molar-refractivity contribution in [2.24, 2.45) is 0 Å². The molecule has 1 aliphatic heterocycles. The van der Waals surface area contributed by atoms with Gasteiger partial charge in [0.2, 0.25) is 5.95 Å². The number of benzene rings is 2. The van der Waals surface area contributed by atoms with Gasteiger partial charge in [0.05, 0.1) is 22.7 Å². The zero-order valence-corrected chi connectivity index (χ0v) is 18.9. The van der Waals surface area contributed by atoms with Crippen LogP contribution in [-0.2, 0) is 27.4 Å². The van der Waals surface area contributed by atoms with E-state index in [1.54, 1.807) is 18.2 Å². The van der Waals surface area contributed by atoms with Crippen LogP contribution < -0.4 is 9.62 Å². The van der Waals surface area contributed by atoms with Crippen LogP contribution in [0.2, 0.25) is 0 Å². The Labute approximate surface area is 198 Å². The van der Waals surface area contributed by atoms with Crippen molar-refractivity contribution in [2.75, 3.05) is 22.8 Å². The van der Waals surface area contributed by atoms with Crippen LogP contribution in [0.15, 0.2) is 59.8 Å². The highest BCUT2D eigenvalue weighted by Gasteiger charge is 2.36. The molecule has 1 saturated heterocycles. The Kier molecular flexibility index (Phi) is 5.62. The Hall–Kier alpha value is -3.67. The number of aromatic nitrogens is 2. The zero-order valence-electron chi connectivity index (χ0n) is 18.1.